The van der Waals surface area contributed by atoms with Gasteiger partial charge in [0.25, 0.3) is 0 Å². The van der Waals surface area contributed by atoms with Gasteiger partial charge < -0.3 is 14.8 Å². The van der Waals surface area contributed by atoms with Gasteiger partial charge in [-0.3, -0.25) is 4.98 Å². The average Bonchev–Trinajstić information content (AvgIpc) is 2.51. The number of ether oxygens (including phenoxy) is 2. The van der Waals surface area contributed by atoms with Crippen molar-refractivity contribution in [2.24, 2.45) is 0 Å². The third-order valence-electron chi connectivity index (χ3n) is 3.41. The minimum atomic E-state index is 0.246. The Morgan fingerprint density at radius 1 is 1.15 bits per heavy atom. The molecule has 2 rings (SSSR count). The van der Waals surface area contributed by atoms with Crippen LogP contribution in [0.4, 0.5) is 0 Å². The largest absolute Gasteiger partial charge is 0.382 e. The summed E-state index contributed by atoms with van der Waals surface area (Å²) in [5.41, 5.74) is 1.22. The number of aromatic nitrogens is 1. The molecule has 1 unspecified atom stereocenters. The Labute approximate surface area is 120 Å². The van der Waals surface area contributed by atoms with E-state index in [2.05, 4.69) is 28.5 Å². The van der Waals surface area contributed by atoms with E-state index in [9.17, 15) is 0 Å². The highest BCUT2D eigenvalue weighted by Gasteiger charge is 2.12. The van der Waals surface area contributed by atoms with Crippen LogP contribution < -0.4 is 5.32 Å². The summed E-state index contributed by atoms with van der Waals surface area (Å²) < 4.78 is 10.5. The summed E-state index contributed by atoms with van der Waals surface area (Å²) in [7, 11) is 3.66. The molecule has 4 nitrogen and oxygen atoms in total. The second-order valence-corrected chi connectivity index (χ2v) is 4.68. The summed E-state index contributed by atoms with van der Waals surface area (Å²) in [6.45, 7) is 1.98. The van der Waals surface area contributed by atoms with Crippen LogP contribution in [0, 0.1) is 0 Å². The molecule has 4 heteroatoms. The molecule has 1 heterocycles. The first-order valence-electron chi connectivity index (χ1n) is 6.93. The summed E-state index contributed by atoms with van der Waals surface area (Å²) >= 11 is 0. The Hall–Kier alpha value is -1.49. The van der Waals surface area contributed by atoms with Gasteiger partial charge in [0.1, 0.15) is 0 Å². The van der Waals surface area contributed by atoms with E-state index >= 15 is 0 Å². The molecule has 0 aliphatic heterocycles. The molecule has 0 fully saturated rings. The fraction of sp³-hybridized carbons (Fsp3) is 0.438. The van der Waals surface area contributed by atoms with Gasteiger partial charge in [-0.25, -0.2) is 0 Å². The molecular weight excluding hydrogens is 252 g/mol. The van der Waals surface area contributed by atoms with Gasteiger partial charge >= 0.3 is 0 Å². The second kappa shape index (κ2) is 7.94. The third-order valence-corrected chi connectivity index (χ3v) is 3.41. The highest BCUT2D eigenvalue weighted by Crippen LogP contribution is 2.24. The van der Waals surface area contributed by atoms with Crippen LogP contribution in [0.15, 0.2) is 36.7 Å². The molecule has 0 spiro atoms. The summed E-state index contributed by atoms with van der Waals surface area (Å²) in [6.07, 6.45) is 4.76. The first-order chi connectivity index (χ1) is 9.86. The van der Waals surface area contributed by atoms with E-state index < -0.39 is 0 Å². The van der Waals surface area contributed by atoms with Crippen LogP contribution in [0.5, 0.6) is 0 Å². The van der Waals surface area contributed by atoms with Gasteiger partial charge in [-0.15, -0.1) is 0 Å². The van der Waals surface area contributed by atoms with E-state index in [1.165, 1.54) is 16.3 Å². The van der Waals surface area contributed by atoms with Crippen LogP contribution in [0.3, 0.4) is 0 Å². The van der Waals surface area contributed by atoms with E-state index in [-0.39, 0.29) is 6.04 Å². The number of methoxy groups -OCH3 is 1. The van der Waals surface area contributed by atoms with E-state index in [0.717, 1.165) is 6.42 Å². The maximum absolute atomic E-state index is 5.55. The van der Waals surface area contributed by atoms with Crippen molar-refractivity contribution in [3.05, 3.63) is 42.2 Å². The molecule has 0 bridgehead atoms. The lowest BCUT2D eigenvalue weighted by Crippen LogP contribution is -2.19. The Morgan fingerprint density at radius 3 is 2.80 bits per heavy atom. The molecule has 1 N–H and O–H groups in total. The molecule has 0 aliphatic rings. The number of hydrogen-bond donors (Lipinski definition) is 1. The van der Waals surface area contributed by atoms with Crippen LogP contribution in [-0.4, -0.2) is 39.0 Å². The van der Waals surface area contributed by atoms with E-state index in [0.29, 0.717) is 19.8 Å². The van der Waals surface area contributed by atoms with Gasteiger partial charge in [-0.1, -0.05) is 24.3 Å². The van der Waals surface area contributed by atoms with E-state index in [1.807, 2.05) is 25.5 Å². The van der Waals surface area contributed by atoms with Crippen molar-refractivity contribution in [2.45, 2.75) is 12.5 Å². The van der Waals surface area contributed by atoms with Crippen LogP contribution in [0.2, 0.25) is 0 Å². The predicted octanol–water partition coefficient (Wildman–Crippen LogP) is 2.55. The summed E-state index contributed by atoms with van der Waals surface area (Å²) in [4.78, 5) is 4.34. The fourth-order valence-electron chi connectivity index (χ4n) is 2.32. The van der Waals surface area contributed by atoms with E-state index in [1.54, 1.807) is 7.11 Å². The number of pyridine rings is 1. The topological polar surface area (TPSA) is 43.4 Å². The van der Waals surface area contributed by atoms with Crippen molar-refractivity contribution in [1.29, 1.82) is 0 Å². The zero-order chi connectivity index (χ0) is 14.2. The minimum Gasteiger partial charge on any atom is -0.382 e. The number of hydrogen-bond acceptors (Lipinski definition) is 4. The molecule has 1 aromatic carbocycles. The lowest BCUT2D eigenvalue weighted by atomic mass is 10.00. The molecule has 1 atom stereocenters. The lowest BCUT2D eigenvalue weighted by Gasteiger charge is -2.18. The van der Waals surface area contributed by atoms with Crippen molar-refractivity contribution < 1.29 is 9.47 Å². The van der Waals surface area contributed by atoms with Gasteiger partial charge in [-0.2, -0.15) is 0 Å². The van der Waals surface area contributed by atoms with Crippen LogP contribution in [-0.2, 0) is 9.47 Å². The molecule has 0 saturated carbocycles. The molecular formula is C16H22N2O2. The van der Waals surface area contributed by atoms with Gasteiger partial charge in [0.2, 0.25) is 0 Å². The van der Waals surface area contributed by atoms with Gasteiger partial charge in [-0.05, 0) is 24.4 Å². The second-order valence-electron chi connectivity index (χ2n) is 4.68. The Kier molecular flexibility index (Phi) is 5.92. The summed E-state index contributed by atoms with van der Waals surface area (Å²) in [5, 5.41) is 5.77. The summed E-state index contributed by atoms with van der Waals surface area (Å²) in [5.74, 6) is 0. The SMILES string of the molecule is CNC(CCOCCOC)c1cncc2ccccc12. The number of nitrogens with zero attached hydrogens (tertiary/aromatic N) is 1. The van der Waals surface area contributed by atoms with Crippen molar-refractivity contribution in [3.63, 3.8) is 0 Å². The Bertz CT molecular complexity index is 525. The fourth-order valence-corrected chi connectivity index (χ4v) is 2.32. The third kappa shape index (κ3) is 3.76. The van der Waals surface area contributed by atoms with Crippen LogP contribution >= 0.6 is 0 Å². The highest BCUT2D eigenvalue weighted by molar-refractivity contribution is 5.85. The van der Waals surface area contributed by atoms with Gasteiger partial charge in [0.15, 0.2) is 0 Å². The number of nitrogens with one attached hydrogen (secondary N) is 1. The zero-order valence-electron chi connectivity index (χ0n) is 12.1. The molecule has 0 amide bonds. The smallest absolute Gasteiger partial charge is 0.0700 e. The molecule has 20 heavy (non-hydrogen) atoms. The highest BCUT2D eigenvalue weighted by atomic mass is 16.5. The monoisotopic (exact) mass is 274 g/mol. The molecule has 2 aromatic rings. The first kappa shape index (κ1) is 14.9. The van der Waals surface area contributed by atoms with Gasteiger partial charge in [0.05, 0.1) is 13.2 Å². The molecule has 0 aliphatic carbocycles. The average molecular weight is 274 g/mol. The number of benzene rings is 1. The quantitative estimate of drug-likeness (QED) is 0.751. The van der Waals surface area contributed by atoms with Gasteiger partial charge in [0, 0.05) is 37.5 Å². The lowest BCUT2D eigenvalue weighted by molar-refractivity contribution is 0.0661. The minimum absolute atomic E-state index is 0.246. The normalized spacial score (nSPS) is 12.7. The zero-order valence-corrected chi connectivity index (χ0v) is 12.1. The van der Waals surface area contributed by atoms with Crippen LogP contribution in [0.1, 0.15) is 18.0 Å². The Balaban J connectivity index is 2.05. The van der Waals surface area contributed by atoms with Crippen molar-refractivity contribution >= 4 is 10.8 Å². The van der Waals surface area contributed by atoms with Crippen molar-refractivity contribution in [3.8, 4) is 0 Å². The molecule has 0 saturated heterocycles. The Morgan fingerprint density at radius 2 is 2.00 bits per heavy atom. The summed E-state index contributed by atoms with van der Waals surface area (Å²) in [6, 6.07) is 8.58. The molecule has 0 radical (unpaired) electrons. The number of fused-ring (bicyclic) bond motifs is 1. The molecule has 108 valence electrons. The first-order valence-corrected chi connectivity index (χ1v) is 6.93. The standard InChI is InChI=1S/C16H22N2O2/c1-17-16(7-8-20-10-9-19-2)15-12-18-11-13-5-3-4-6-14(13)15/h3-6,11-12,16-17H,7-10H2,1-2H3. The predicted molar refractivity (Wildman–Crippen MR) is 80.9 cm³/mol. The maximum Gasteiger partial charge on any atom is 0.0700 e. The number of rotatable bonds is 8. The van der Waals surface area contributed by atoms with E-state index in [4.69, 9.17) is 9.47 Å². The van der Waals surface area contributed by atoms with Crippen molar-refractivity contribution in [1.82, 2.24) is 10.3 Å². The molecule has 1 aromatic heterocycles. The van der Waals surface area contributed by atoms with Crippen molar-refractivity contribution in [2.75, 3.05) is 34.0 Å². The van der Waals surface area contributed by atoms with Crippen LogP contribution in [0.25, 0.3) is 10.8 Å². The maximum atomic E-state index is 5.55.